The summed E-state index contributed by atoms with van der Waals surface area (Å²) in [6.07, 6.45) is 4.95. The summed E-state index contributed by atoms with van der Waals surface area (Å²) >= 11 is 0. The van der Waals surface area contributed by atoms with Gasteiger partial charge in [-0.25, -0.2) is 4.79 Å². The number of rotatable bonds is 8. The minimum Gasteiger partial charge on any atom is -0.354 e. The number of benzene rings is 1. The van der Waals surface area contributed by atoms with Gasteiger partial charge in [-0.05, 0) is 42.7 Å². The van der Waals surface area contributed by atoms with Crippen molar-refractivity contribution in [2.24, 2.45) is 0 Å². The van der Waals surface area contributed by atoms with Gasteiger partial charge in [-0.2, -0.15) is 0 Å². The minimum absolute atomic E-state index is 0.0539. The maximum Gasteiger partial charge on any atom is 0.323 e. The summed E-state index contributed by atoms with van der Waals surface area (Å²) in [4.78, 5) is 44.3. The van der Waals surface area contributed by atoms with E-state index in [4.69, 9.17) is 0 Å². The second-order valence-corrected chi connectivity index (χ2v) is 6.16. The lowest BCUT2D eigenvalue weighted by atomic mass is 10.1. The van der Waals surface area contributed by atoms with E-state index in [0.717, 1.165) is 23.0 Å². The van der Waals surface area contributed by atoms with E-state index in [0.29, 0.717) is 31.5 Å². The molecule has 0 saturated heterocycles. The number of aryl methyl sites for hydroxylation is 1. The molecular weight excluding hydrogens is 346 g/mol. The van der Waals surface area contributed by atoms with Gasteiger partial charge in [0.1, 0.15) is 0 Å². The Bertz CT molecular complexity index is 978. The first-order valence-corrected chi connectivity index (χ1v) is 8.78. The van der Waals surface area contributed by atoms with Crippen molar-refractivity contribution in [3.8, 4) is 0 Å². The van der Waals surface area contributed by atoms with E-state index in [-0.39, 0.29) is 17.5 Å². The van der Waals surface area contributed by atoms with Crippen LogP contribution >= 0.6 is 0 Å². The number of fused-ring (bicyclic) bond motifs is 1. The molecule has 8 nitrogen and oxygen atoms in total. The molecule has 2 heterocycles. The van der Waals surface area contributed by atoms with Crippen molar-refractivity contribution in [2.45, 2.75) is 19.3 Å². The zero-order valence-electron chi connectivity index (χ0n) is 14.7. The summed E-state index contributed by atoms with van der Waals surface area (Å²) in [5.74, 6) is -0.266. The number of imidazole rings is 1. The molecule has 0 saturated carbocycles. The highest BCUT2D eigenvalue weighted by Crippen LogP contribution is 2.12. The number of aromatic nitrogens is 3. The fourth-order valence-corrected chi connectivity index (χ4v) is 2.75. The van der Waals surface area contributed by atoms with E-state index < -0.39 is 0 Å². The van der Waals surface area contributed by atoms with Gasteiger partial charge in [0.15, 0.2) is 0 Å². The largest absolute Gasteiger partial charge is 0.354 e. The summed E-state index contributed by atoms with van der Waals surface area (Å²) in [5, 5.41) is 5.52. The Morgan fingerprint density at radius 3 is 2.67 bits per heavy atom. The second-order valence-electron chi connectivity index (χ2n) is 6.16. The predicted molar refractivity (Wildman–Crippen MR) is 101 cm³/mol. The van der Waals surface area contributed by atoms with Crippen molar-refractivity contribution in [3.05, 3.63) is 64.3 Å². The van der Waals surface area contributed by atoms with Crippen molar-refractivity contribution < 1.29 is 9.59 Å². The Morgan fingerprint density at radius 2 is 1.85 bits per heavy atom. The third-order valence-electron chi connectivity index (χ3n) is 4.11. The molecule has 27 heavy (non-hydrogen) atoms. The smallest absolute Gasteiger partial charge is 0.323 e. The van der Waals surface area contributed by atoms with Crippen LogP contribution in [0, 0.1) is 0 Å². The SMILES string of the molecule is O=C(CCCc1ccc2[nH]c(=O)[nH]c2c1)NCCNC(=O)c1cccnc1. The molecule has 0 fully saturated rings. The van der Waals surface area contributed by atoms with Crippen LogP contribution in [0.2, 0.25) is 0 Å². The van der Waals surface area contributed by atoms with Crippen LogP contribution in [0.3, 0.4) is 0 Å². The van der Waals surface area contributed by atoms with Crippen LogP contribution in [-0.4, -0.2) is 39.9 Å². The molecule has 140 valence electrons. The molecule has 1 aromatic carbocycles. The highest BCUT2D eigenvalue weighted by atomic mass is 16.2. The molecule has 0 bridgehead atoms. The molecule has 2 aromatic heterocycles. The van der Waals surface area contributed by atoms with Crippen LogP contribution in [0.15, 0.2) is 47.5 Å². The average molecular weight is 367 g/mol. The first kappa shape index (κ1) is 18.4. The maximum absolute atomic E-state index is 11.9. The normalized spacial score (nSPS) is 10.7. The van der Waals surface area contributed by atoms with Gasteiger partial charge < -0.3 is 20.6 Å². The van der Waals surface area contributed by atoms with Gasteiger partial charge in [0.2, 0.25) is 5.91 Å². The average Bonchev–Trinajstić information content (AvgIpc) is 3.05. The molecule has 8 heteroatoms. The van der Waals surface area contributed by atoms with E-state index in [9.17, 15) is 14.4 Å². The number of aromatic amines is 2. The van der Waals surface area contributed by atoms with Crippen LogP contribution in [0.4, 0.5) is 0 Å². The highest BCUT2D eigenvalue weighted by Gasteiger charge is 2.06. The van der Waals surface area contributed by atoms with E-state index in [1.54, 1.807) is 18.3 Å². The molecule has 0 radical (unpaired) electrons. The van der Waals surface area contributed by atoms with Crippen LogP contribution in [-0.2, 0) is 11.2 Å². The molecule has 0 atom stereocenters. The standard InChI is InChI=1S/C19H21N5O3/c25-17(21-9-10-22-18(26)14-4-2-8-20-12-14)5-1-3-13-6-7-15-16(11-13)24-19(27)23-15/h2,4,6-8,11-12H,1,3,5,9-10H2,(H,21,25)(H,22,26)(H2,23,24,27). The maximum atomic E-state index is 11.9. The van der Waals surface area contributed by atoms with Gasteiger partial charge in [-0.1, -0.05) is 6.07 Å². The Morgan fingerprint density at radius 1 is 1.04 bits per heavy atom. The predicted octanol–water partition coefficient (Wildman–Crippen LogP) is 1.12. The van der Waals surface area contributed by atoms with E-state index in [2.05, 4.69) is 25.6 Å². The van der Waals surface area contributed by atoms with Crippen LogP contribution < -0.4 is 16.3 Å². The Hall–Kier alpha value is -3.42. The molecule has 0 aliphatic carbocycles. The molecular formula is C19H21N5O3. The quantitative estimate of drug-likeness (QED) is 0.446. The summed E-state index contributed by atoms with van der Waals surface area (Å²) in [5.41, 5.74) is 2.87. The molecule has 0 unspecified atom stereocenters. The number of amides is 2. The molecule has 0 aliphatic rings. The molecule has 0 spiro atoms. The van der Waals surface area contributed by atoms with Gasteiger partial charge in [-0.3, -0.25) is 14.6 Å². The molecule has 0 aliphatic heterocycles. The number of hydrogen-bond donors (Lipinski definition) is 4. The van der Waals surface area contributed by atoms with E-state index >= 15 is 0 Å². The number of carbonyl (C=O) groups excluding carboxylic acids is 2. The van der Waals surface area contributed by atoms with Crippen molar-refractivity contribution in [1.82, 2.24) is 25.6 Å². The van der Waals surface area contributed by atoms with Gasteiger partial charge in [-0.15, -0.1) is 0 Å². The Labute approximate surface area is 155 Å². The number of nitrogens with one attached hydrogen (secondary N) is 4. The Balaban J connectivity index is 1.33. The summed E-state index contributed by atoms with van der Waals surface area (Å²) in [7, 11) is 0. The lowest BCUT2D eigenvalue weighted by Crippen LogP contribution is -2.34. The zero-order valence-corrected chi connectivity index (χ0v) is 14.7. The van der Waals surface area contributed by atoms with Crippen molar-refractivity contribution in [1.29, 1.82) is 0 Å². The van der Waals surface area contributed by atoms with Crippen LogP contribution in [0.25, 0.3) is 11.0 Å². The van der Waals surface area contributed by atoms with Gasteiger partial charge >= 0.3 is 5.69 Å². The summed E-state index contributed by atoms with van der Waals surface area (Å²) in [6.45, 7) is 0.734. The van der Waals surface area contributed by atoms with E-state index in [1.165, 1.54) is 6.20 Å². The number of hydrogen-bond acceptors (Lipinski definition) is 4. The topological polar surface area (TPSA) is 120 Å². The van der Waals surface area contributed by atoms with Crippen molar-refractivity contribution >= 4 is 22.8 Å². The number of pyridine rings is 1. The Kier molecular flexibility index (Phi) is 5.98. The number of carbonyl (C=O) groups is 2. The van der Waals surface area contributed by atoms with Crippen molar-refractivity contribution in [2.75, 3.05) is 13.1 Å². The third-order valence-corrected chi connectivity index (χ3v) is 4.11. The monoisotopic (exact) mass is 367 g/mol. The second kappa shape index (κ2) is 8.79. The number of H-pyrrole nitrogens is 2. The number of nitrogens with zero attached hydrogens (tertiary/aromatic N) is 1. The first-order valence-electron chi connectivity index (χ1n) is 8.78. The lowest BCUT2D eigenvalue weighted by molar-refractivity contribution is -0.121. The zero-order chi connectivity index (χ0) is 19.1. The van der Waals surface area contributed by atoms with Crippen LogP contribution in [0.5, 0.6) is 0 Å². The summed E-state index contributed by atoms with van der Waals surface area (Å²) in [6, 6.07) is 9.09. The van der Waals surface area contributed by atoms with E-state index in [1.807, 2.05) is 18.2 Å². The molecule has 2 amide bonds. The van der Waals surface area contributed by atoms with Crippen LogP contribution in [0.1, 0.15) is 28.8 Å². The molecule has 4 N–H and O–H groups in total. The van der Waals surface area contributed by atoms with Crippen molar-refractivity contribution in [3.63, 3.8) is 0 Å². The van der Waals surface area contributed by atoms with Gasteiger partial charge in [0, 0.05) is 31.9 Å². The highest BCUT2D eigenvalue weighted by molar-refractivity contribution is 5.93. The molecule has 3 rings (SSSR count). The third kappa shape index (κ3) is 5.27. The summed E-state index contributed by atoms with van der Waals surface area (Å²) < 4.78 is 0. The minimum atomic E-state index is -0.225. The fourth-order valence-electron chi connectivity index (χ4n) is 2.75. The molecule has 3 aromatic rings. The van der Waals surface area contributed by atoms with Gasteiger partial charge in [0.25, 0.3) is 5.91 Å². The fraction of sp³-hybridized carbons (Fsp3) is 0.263. The lowest BCUT2D eigenvalue weighted by Gasteiger charge is -2.07. The van der Waals surface area contributed by atoms with Gasteiger partial charge in [0.05, 0.1) is 16.6 Å². The first-order chi connectivity index (χ1) is 13.1.